The molecule has 2 heterocycles. The first kappa shape index (κ1) is 15.8. The van der Waals surface area contributed by atoms with Crippen LogP contribution in [0.3, 0.4) is 0 Å². The molecule has 4 nitrogen and oxygen atoms in total. The molecule has 1 saturated heterocycles. The van der Waals surface area contributed by atoms with E-state index in [4.69, 9.17) is 0 Å². The summed E-state index contributed by atoms with van der Waals surface area (Å²) in [5, 5.41) is 0. The van der Waals surface area contributed by atoms with Crippen LogP contribution < -0.4 is 0 Å². The molecule has 1 unspecified atom stereocenters. The third-order valence-electron chi connectivity index (χ3n) is 4.81. The largest absolute Gasteiger partial charge is 0.342 e. The SMILES string of the molecule is O=C(Cc1cccc(F)c1)N1CCCC(c2nc3ccccc3[nH]2)C1. The molecule has 2 aromatic carbocycles. The van der Waals surface area contributed by atoms with Crippen LogP contribution in [0.15, 0.2) is 48.5 Å². The van der Waals surface area contributed by atoms with Crippen LogP contribution in [0.2, 0.25) is 0 Å². The monoisotopic (exact) mass is 337 g/mol. The maximum Gasteiger partial charge on any atom is 0.227 e. The number of hydrogen-bond donors (Lipinski definition) is 1. The van der Waals surface area contributed by atoms with Crippen molar-refractivity contribution in [1.82, 2.24) is 14.9 Å². The lowest BCUT2D eigenvalue weighted by atomic mass is 9.96. The van der Waals surface area contributed by atoms with Gasteiger partial charge in [-0.1, -0.05) is 24.3 Å². The van der Waals surface area contributed by atoms with E-state index < -0.39 is 0 Å². The molecule has 1 aliphatic heterocycles. The number of likely N-dealkylation sites (tertiary alicyclic amines) is 1. The molecule has 25 heavy (non-hydrogen) atoms. The molecule has 1 N–H and O–H groups in total. The van der Waals surface area contributed by atoms with Gasteiger partial charge < -0.3 is 9.88 Å². The number of imidazole rings is 1. The van der Waals surface area contributed by atoms with Gasteiger partial charge in [-0.3, -0.25) is 4.79 Å². The van der Waals surface area contributed by atoms with Gasteiger partial charge in [0.15, 0.2) is 0 Å². The molecule has 1 atom stereocenters. The van der Waals surface area contributed by atoms with Crippen molar-refractivity contribution in [3.63, 3.8) is 0 Å². The number of aromatic amines is 1. The van der Waals surface area contributed by atoms with Gasteiger partial charge in [-0.15, -0.1) is 0 Å². The Hall–Kier alpha value is -2.69. The summed E-state index contributed by atoms with van der Waals surface area (Å²) in [6.45, 7) is 1.42. The van der Waals surface area contributed by atoms with Gasteiger partial charge in [0.2, 0.25) is 5.91 Å². The molecule has 1 aromatic heterocycles. The van der Waals surface area contributed by atoms with Gasteiger partial charge in [0.1, 0.15) is 11.6 Å². The molecule has 1 fully saturated rings. The second-order valence-corrected chi connectivity index (χ2v) is 6.62. The molecule has 4 rings (SSSR count). The lowest BCUT2D eigenvalue weighted by Gasteiger charge is -2.32. The number of para-hydroxylation sites is 2. The van der Waals surface area contributed by atoms with Crippen LogP contribution in [-0.2, 0) is 11.2 Å². The van der Waals surface area contributed by atoms with Crippen molar-refractivity contribution in [3.05, 3.63) is 65.7 Å². The number of benzene rings is 2. The van der Waals surface area contributed by atoms with E-state index in [0.29, 0.717) is 6.54 Å². The average molecular weight is 337 g/mol. The molecule has 128 valence electrons. The standard InChI is InChI=1S/C20H20FN3O/c21-16-7-3-5-14(11-16)12-19(25)24-10-4-6-15(13-24)20-22-17-8-1-2-9-18(17)23-20/h1-3,5,7-9,11,15H,4,6,10,12-13H2,(H,22,23). The summed E-state index contributed by atoms with van der Waals surface area (Å²) in [7, 11) is 0. The van der Waals surface area contributed by atoms with Crippen molar-refractivity contribution in [2.24, 2.45) is 0 Å². The van der Waals surface area contributed by atoms with Crippen molar-refractivity contribution < 1.29 is 9.18 Å². The molecule has 3 aromatic rings. The predicted molar refractivity (Wildman–Crippen MR) is 94.8 cm³/mol. The number of rotatable bonds is 3. The van der Waals surface area contributed by atoms with Gasteiger partial charge in [0, 0.05) is 19.0 Å². The number of carbonyl (C=O) groups excluding carboxylic acids is 1. The Balaban J connectivity index is 1.47. The Kier molecular flexibility index (Phi) is 4.22. The van der Waals surface area contributed by atoms with Gasteiger partial charge in [-0.2, -0.15) is 0 Å². The average Bonchev–Trinajstić information content (AvgIpc) is 3.06. The Bertz CT molecular complexity index is 872. The number of nitrogens with zero attached hydrogens (tertiary/aromatic N) is 2. The number of aromatic nitrogens is 2. The van der Waals surface area contributed by atoms with Gasteiger partial charge in [0.25, 0.3) is 0 Å². The minimum absolute atomic E-state index is 0.0476. The summed E-state index contributed by atoms with van der Waals surface area (Å²) in [6.07, 6.45) is 2.21. The van der Waals surface area contributed by atoms with Crippen LogP contribution in [-0.4, -0.2) is 33.9 Å². The van der Waals surface area contributed by atoms with E-state index in [1.807, 2.05) is 29.2 Å². The molecule has 0 bridgehead atoms. The van der Waals surface area contributed by atoms with E-state index in [9.17, 15) is 9.18 Å². The maximum absolute atomic E-state index is 13.3. The molecule has 5 heteroatoms. The highest BCUT2D eigenvalue weighted by Gasteiger charge is 2.26. The van der Waals surface area contributed by atoms with Crippen LogP contribution in [0.25, 0.3) is 11.0 Å². The highest BCUT2D eigenvalue weighted by molar-refractivity contribution is 5.79. The number of H-pyrrole nitrogens is 1. The van der Waals surface area contributed by atoms with E-state index in [2.05, 4.69) is 9.97 Å². The molecule has 1 aliphatic rings. The van der Waals surface area contributed by atoms with Crippen molar-refractivity contribution in [2.45, 2.75) is 25.2 Å². The first-order valence-corrected chi connectivity index (χ1v) is 8.66. The number of carbonyl (C=O) groups is 1. The zero-order valence-electron chi connectivity index (χ0n) is 13.9. The minimum atomic E-state index is -0.302. The lowest BCUT2D eigenvalue weighted by Crippen LogP contribution is -2.40. The molecule has 1 amide bonds. The third-order valence-corrected chi connectivity index (χ3v) is 4.81. The number of amides is 1. The third kappa shape index (κ3) is 3.40. The van der Waals surface area contributed by atoms with Crippen LogP contribution in [0, 0.1) is 5.82 Å². The minimum Gasteiger partial charge on any atom is -0.342 e. The highest BCUT2D eigenvalue weighted by Crippen LogP contribution is 2.27. The summed E-state index contributed by atoms with van der Waals surface area (Å²) in [5.41, 5.74) is 2.71. The van der Waals surface area contributed by atoms with Crippen molar-refractivity contribution in [1.29, 1.82) is 0 Å². The number of fused-ring (bicyclic) bond motifs is 1. The fourth-order valence-corrected chi connectivity index (χ4v) is 3.53. The smallest absolute Gasteiger partial charge is 0.227 e. The Morgan fingerprint density at radius 3 is 2.96 bits per heavy atom. The van der Waals surface area contributed by atoms with Gasteiger partial charge in [0.05, 0.1) is 17.5 Å². The lowest BCUT2D eigenvalue weighted by molar-refractivity contribution is -0.131. The van der Waals surface area contributed by atoms with E-state index >= 15 is 0 Å². The van der Waals surface area contributed by atoms with E-state index in [1.165, 1.54) is 12.1 Å². The number of hydrogen-bond acceptors (Lipinski definition) is 2. The predicted octanol–water partition coefficient (Wildman–Crippen LogP) is 3.65. The molecule has 0 saturated carbocycles. The van der Waals surface area contributed by atoms with E-state index in [1.54, 1.807) is 12.1 Å². The summed E-state index contributed by atoms with van der Waals surface area (Å²) in [4.78, 5) is 22.5. The quantitative estimate of drug-likeness (QED) is 0.793. The molecule has 0 radical (unpaired) electrons. The first-order chi connectivity index (χ1) is 12.2. The van der Waals surface area contributed by atoms with Crippen molar-refractivity contribution >= 4 is 16.9 Å². The topological polar surface area (TPSA) is 49.0 Å². The Morgan fingerprint density at radius 2 is 2.12 bits per heavy atom. The second-order valence-electron chi connectivity index (χ2n) is 6.62. The maximum atomic E-state index is 13.3. The second kappa shape index (κ2) is 6.67. The van der Waals surface area contributed by atoms with Gasteiger partial charge in [-0.05, 0) is 42.7 Å². The van der Waals surface area contributed by atoms with Crippen LogP contribution in [0.4, 0.5) is 4.39 Å². The van der Waals surface area contributed by atoms with E-state index in [0.717, 1.165) is 41.8 Å². The number of halogens is 1. The van der Waals surface area contributed by atoms with Gasteiger partial charge in [-0.25, -0.2) is 9.37 Å². The highest BCUT2D eigenvalue weighted by atomic mass is 19.1. The fourth-order valence-electron chi connectivity index (χ4n) is 3.53. The van der Waals surface area contributed by atoms with Crippen LogP contribution >= 0.6 is 0 Å². The van der Waals surface area contributed by atoms with Gasteiger partial charge >= 0.3 is 0 Å². The molecule has 0 aliphatic carbocycles. The first-order valence-electron chi connectivity index (χ1n) is 8.66. The summed E-state index contributed by atoms with van der Waals surface area (Å²) in [6, 6.07) is 14.2. The van der Waals surface area contributed by atoms with Crippen LogP contribution in [0.1, 0.15) is 30.1 Å². The van der Waals surface area contributed by atoms with Crippen LogP contribution in [0.5, 0.6) is 0 Å². The summed E-state index contributed by atoms with van der Waals surface area (Å²) < 4.78 is 13.3. The normalized spacial score (nSPS) is 17.8. The number of nitrogens with one attached hydrogen (secondary N) is 1. The van der Waals surface area contributed by atoms with Crippen molar-refractivity contribution in [2.75, 3.05) is 13.1 Å². The fraction of sp³-hybridized carbons (Fsp3) is 0.300. The van der Waals surface area contributed by atoms with Crippen molar-refractivity contribution in [3.8, 4) is 0 Å². The summed E-state index contributed by atoms with van der Waals surface area (Å²) in [5.74, 6) is 0.914. The zero-order chi connectivity index (χ0) is 17.2. The Labute approximate surface area is 145 Å². The number of piperidine rings is 1. The summed E-state index contributed by atoms with van der Waals surface area (Å²) >= 11 is 0. The molecular formula is C20H20FN3O. The molecular weight excluding hydrogens is 317 g/mol. The van der Waals surface area contributed by atoms with E-state index in [-0.39, 0.29) is 24.1 Å². The zero-order valence-corrected chi connectivity index (χ0v) is 13.9. The molecule has 0 spiro atoms. The Morgan fingerprint density at radius 1 is 1.24 bits per heavy atom.